The molecule has 0 atom stereocenters. The van der Waals surface area contributed by atoms with Crippen molar-refractivity contribution in [2.45, 2.75) is 13.5 Å². The normalized spacial score (nSPS) is 11.0. The Morgan fingerprint density at radius 3 is 2.59 bits per heavy atom. The van der Waals surface area contributed by atoms with Gasteiger partial charge >= 0.3 is 0 Å². The van der Waals surface area contributed by atoms with Crippen molar-refractivity contribution in [2.75, 3.05) is 37.9 Å². The predicted molar refractivity (Wildman–Crippen MR) is 164 cm³/mol. The first-order chi connectivity index (χ1) is 19.8. The maximum absolute atomic E-state index is 12.6. The van der Waals surface area contributed by atoms with Gasteiger partial charge in [-0.15, -0.1) is 0 Å². The van der Waals surface area contributed by atoms with Crippen LogP contribution in [0.1, 0.15) is 18.1 Å². The molecule has 10 heteroatoms. The van der Waals surface area contributed by atoms with Gasteiger partial charge in [-0.1, -0.05) is 47.5 Å². The quantitative estimate of drug-likeness (QED) is 0.178. The van der Waals surface area contributed by atoms with Crippen LogP contribution in [-0.2, 0) is 11.4 Å². The summed E-state index contributed by atoms with van der Waals surface area (Å²) in [5.74, 6) is 0.664. The Morgan fingerprint density at radius 1 is 1.07 bits per heavy atom. The minimum atomic E-state index is -0.301. The summed E-state index contributed by atoms with van der Waals surface area (Å²) in [5, 5.41) is 17.7. The second kappa shape index (κ2) is 13.9. The van der Waals surface area contributed by atoms with Crippen molar-refractivity contribution in [3.63, 3.8) is 0 Å². The number of nitriles is 1. The number of amides is 1. The summed E-state index contributed by atoms with van der Waals surface area (Å²) in [6, 6.07) is 18.4. The molecule has 4 aromatic rings. The smallest absolute Gasteiger partial charge is 0.248 e. The van der Waals surface area contributed by atoms with E-state index in [0.29, 0.717) is 68.2 Å². The van der Waals surface area contributed by atoms with Crippen LogP contribution in [0.25, 0.3) is 10.9 Å². The van der Waals surface area contributed by atoms with Crippen LogP contribution in [0.3, 0.4) is 0 Å². The molecule has 0 saturated heterocycles. The molecule has 0 unspecified atom stereocenters. The molecule has 0 radical (unpaired) electrons. The molecule has 4 rings (SSSR count). The zero-order valence-electron chi connectivity index (χ0n) is 22.9. The molecule has 0 bridgehead atoms. The number of nitrogens with one attached hydrogen (secondary N) is 2. The zero-order valence-corrected chi connectivity index (χ0v) is 24.4. The van der Waals surface area contributed by atoms with E-state index in [1.165, 1.54) is 12.3 Å². The van der Waals surface area contributed by atoms with Crippen LogP contribution < -0.4 is 20.1 Å². The summed E-state index contributed by atoms with van der Waals surface area (Å²) in [6.45, 7) is 3.15. The summed E-state index contributed by atoms with van der Waals surface area (Å²) in [5.41, 5.74) is 3.36. The molecule has 2 N–H and O–H groups in total. The number of pyridine rings is 1. The Morgan fingerprint density at radius 2 is 1.88 bits per heavy atom. The third-order valence-electron chi connectivity index (χ3n) is 5.93. The van der Waals surface area contributed by atoms with Crippen molar-refractivity contribution in [3.05, 3.63) is 94.1 Å². The van der Waals surface area contributed by atoms with Crippen molar-refractivity contribution < 1.29 is 14.3 Å². The van der Waals surface area contributed by atoms with Gasteiger partial charge in [0, 0.05) is 46.5 Å². The lowest BCUT2D eigenvalue weighted by Gasteiger charge is -2.16. The third-order valence-corrected chi connectivity index (χ3v) is 6.59. The Kier molecular flexibility index (Phi) is 10.0. The van der Waals surface area contributed by atoms with E-state index in [0.717, 1.165) is 5.56 Å². The van der Waals surface area contributed by atoms with Crippen molar-refractivity contribution in [1.82, 2.24) is 9.88 Å². The van der Waals surface area contributed by atoms with E-state index in [1.807, 2.05) is 44.1 Å². The first kappa shape index (κ1) is 29.7. The van der Waals surface area contributed by atoms with E-state index in [4.69, 9.17) is 32.7 Å². The van der Waals surface area contributed by atoms with Crippen LogP contribution in [0, 0.1) is 11.3 Å². The predicted octanol–water partition coefficient (Wildman–Crippen LogP) is 7.19. The van der Waals surface area contributed by atoms with Crippen molar-refractivity contribution in [3.8, 4) is 17.6 Å². The van der Waals surface area contributed by atoms with Gasteiger partial charge in [0.2, 0.25) is 5.91 Å². The molecule has 0 fully saturated rings. The van der Waals surface area contributed by atoms with Gasteiger partial charge in [-0.3, -0.25) is 9.78 Å². The van der Waals surface area contributed by atoms with Gasteiger partial charge in [-0.2, -0.15) is 5.26 Å². The molecule has 0 aliphatic rings. The number of anilines is 3. The molecule has 3 aromatic carbocycles. The van der Waals surface area contributed by atoms with Crippen LogP contribution in [0.15, 0.2) is 72.9 Å². The highest BCUT2D eigenvalue weighted by Gasteiger charge is 2.16. The second-order valence-electron chi connectivity index (χ2n) is 9.26. The fraction of sp³-hybridized carbons (Fsp3) is 0.194. The molecule has 0 aliphatic carbocycles. The molecule has 41 heavy (non-hydrogen) atoms. The van der Waals surface area contributed by atoms with Gasteiger partial charge in [0.1, 0.15) is 24.2 Å². The van der Waals surface area contributed by atoms with Crippen LogP contribution >= 0.6 is 23.2 Å². The highest BCUT2D eigenvalue weighted by Crippen LogP contribution is 2.37. The number of ether oxygens (including phenoxy) is 2. The monoisotopic (exact) mass is 589 g/mol. The number of hydrogen-bond acceptors (Lipinski definition) is 7. The number of fused-ring (bicyclic) bond motifs is 1. The Balaban J connectivity index is 1.64. The van der Waals surface area contributed by atoms with Crippen LogP contribution in [-0.4, -0.2) is 43.0 Å². The lowest BCUT2D eigenvalue weighted by molar-refractivity contribution is -0.111. The molecule has 8 nitrogen and oxygen atoms in total. The molecule has 1 aromatic heterocycles. The number of benzene rings is 3. The lowest BCUT2D eigenvalue weighted by Crippen LogP contribution is -2.13. The second-order valence-corrected chi connectivity index (χ2v) is 10.1. The maximum atomic E-state index is 12.6. The van der Waals surface area contributed by atoms with Gasteiger partial charge in [-0.05, 0) is 51.4 Å². The van der Waals surface area contributed by atoms with Crippen LogP contribution in [0.2, 0.25) is 10.0 Å². The standard InChI is InChI=1S/C31H29Cl2N5O3/c1-4-40-29-16-26-23(15-27(29)37-30(39)10-7-13-38(2)3)31(21(17-34)18-35-26)36-22-11-12-28(25(33)14-22)41-19-20-8-5-6-9-24(20)32/h5-12,14-16,18H,4,13,19H2,1-3H3,(H,35,36)(H,37,39). The average Bonchev–Trinajstić information content (AvgIpc) is 2.94. The number of likely N-dealkylation sites (N-methyl/N-ethyl adjacent to an activating group) is 1. The largest absolute Gasteiger partial charge is 0.492 e. The van der Waals surface area contributed by atoms with E-state index in [-0.39, 0.29) is 12.5 Å². The van der Waals surface area contributed by atoms with Crippen molar-refractivity contribution in [2.24, 2.45) is 0 Å². The Bertz CT molecular complexity index is 1630. The van der Waals surface area contributed by atoms with Gasteiger partial charge < -0.3 is 25.0 Å². The van der Waals surface area contributed by atoms with E-state index >= 15 is 0 Å². The molecule has 0 saturated carbocycles. The minimum Gasteiger partial charge on any atom is -0.492 e. The molecule has 0 spiro atoms. The summed E-state index contributed by atoms with van der Waals surface area (Å²) < 4.78 is 11.7. The maximum Gasteiger partial charge on any atom is 0.248 e. The number of aromatic nitrogens is 1. The molecular formula is C31H29Cl2N5O3. The highest BCUT2D eigenvalue weighted by atomic mass is 35.5. The summed E-state index contributed by atoms with van der Waals surface area (Å²) in [4.78, 5) is 19.0. The first-order valence-electron chi connectivity index (χ1n) is 12.8. The molecule has 0 aliphatic heterocycles. The van der Waals surface area contributed by atoms with Gasteiger partial charge in [0.25, 0.3) is 0 Å². The SMILES string of the molecule is CCOc1cc2ncc(C#N)c(Nc3ccc(OCc4ccccc4Cl)c(Cl)c3)c2cc1NC(=O)C=CCN(C)C. The molecule has 1 amide bonds. The summed E-state index contributed by atoms with van der Waals surface area (Å²) in [6.07, 6.45) is 4.73. The number of carbonyl (C=O) groups excluding carboxylic acids is 1. The van der Waals surface area contributed by atoms with E-state index < -0.39 is 0 Å². The summed E-state index contributed by atoms with van der Waals surface area (Å²) in [7, 11) is 3.84. The molecule has 1 heterocycles. The van der Waals surface area contributed by atoms with Gasteiger partial charge in [0.05, 0.1) is 34.1 Å². The molecular weight excluding hydrogens is 561 g/mol. The van der Waals surface area contributed by atoms with Crippen molar-refractivity contribution in [1.29, 1.82) is 5.26 Å². The van der Waals surface area contributed by atoms with Crippen LogP contribution in [0.4, 0.5) is 17.1 Å². The zero-order chi connectivity index (χ0) is 29.4. The van der Waals surface area contributed by atoms with Crippen LogP contribution in [0.5, 0.6) is 11.5 Å². The number of halogens is 2. The third kappa shape index (κ3) is 7.68. The fourth-order valence-electron chi connectivity index (χ4n) is 3.97. The lowest BCUT2D eigenvalue weighted by atomic mass is 10.1. The number of rotatable bonds is 11. The highest BCUT2D eigenvalue weighted by molar-refractivity contribution is 6.32. The van der Waals surface area contributed by atoms with E-state index in [2.05, 4.69) is 21.7 Å². The van der Waals surface area contributed by atoms with E-state index in [1.54, 1.807) is 42.5 Å². The number of hydrogen-bond donors (Lipinski definition) is 2. The Hall–Kier alpha value is -4.29. The van der Waals surface area contributed by atoms with E-state index in [9.17, 15) is 10.1 Å². The van der Waals surface area contributed by atoms with Crippen molar-refractivity contribution >= 4 is 57.1 Å². The number of nitrogens with zero attached hydrogens (tertiary/aromatic N) is 3. The van der Waals surface area contributed by atoms with Gasteiger partial charge in [-0.25, -0.2) is 0 Å². The number of carbonyl (C=O) groups is 1. The minimum absolute atomic E-state index is 0.265. The summed E-state index contributed by atoms with van der Waals surface area (Å²) >= 11 is 12.8. The first-order valence-corrected chi connectivity index (χ1v) is 13.6. The topological polar surface area (TPSA) is 99.5 Å². The Labute approximate surface area is 249 Å². The molecule has 210 valence electrons. The van der Waals surface area contributed by atoms with Gasteiger partial charge in [0.15, 0.2) is 0 Å². The fourth-order valence-corrected chi connectivity index (χ4v) is 4.39. The average molecular weight is 591 g/mol.